The predicted octanol–water partition coefficient (Wildman–Crippen LogP) is 2.46. The number of hydrogen-bond acceptors (Lipinski definition) is 7. The molecule has 2 amide bonds. The molecule has 3 aromatic heterocycles. The molecule has 0 unspecified atom stereocenters. The second-order valence-corrected chi connectivity index (χ2v) is 9.25. The van der Waals surface area contributed by atoms with Crippen molar-refractivity contribution in [1.29, 1.82) is 0 Å². The number of amides is 2. The average molecular weight is 490 g/mol. The lowest BCUT2D eigenvalue weighted by atomic mass is 9.99. The Kier molecular flexibility index (Phi) is 7.90. The summed E-state index contributed by atoms with van der Waals surface area (Å²) in [5.41, 5.74) is 2.72. The summed E-state index contributed by atoms with van der Waals surface area (Å²) < 4.78 is 6.30. The van der Waals surface area contributed by atoms with E-state index in [1.165, 1.54) is 0 Å². The number of fused-ring (bicyclic) bond motifs is 1. The Morgan fingerprint density at radius 2 is 1.94 bits per heavy atom. The normalized spacial score (nSPS) is 18.4. The molecule has 188 valence electrons. The summed E-state index contributed by atoms with van der Waals surface area (Å²) >= 11 is 0. The first-order valence-electron chi connectivity index (χ1n) is 12.0. The summed E-state index contributed by atoms with van der Waals surface area (Å²) in [6, 6.07) is 8.75. The van der Waals surface area contributed by atoms with Crippen LogP contribution in [0.25, 0.3) is 11.1 Å². The van der Waals surface area contributed by atoms with E-state index >= 15 is 0 Å². The van der Waals surface area contributed by atoms with E-state index in [-0.39, 0.29) is 36.6 Å². The van der Waals surface area contributed by atoms with E-state index in [1.807, 2.05) is 32.0 Å². The van der Waals surface area contributed by atoms with Gasteiger partial charge in [-0.2, -0.15) is 0 Å². The highest BCUT2D eigenvalue weighted by atomic mass is 16.5. The SMILES string of the molecule is C[C@@H]1CN([C@@H](C)CO)C(=O)c2cc(-c3cccnc3)cnc2O[C@H]1CN(C)C(=O)Cc1cccnc1. The quantitative estimate of drug-likeness (QED) is 0.543. The number of ether oxygens (including phenoxy) is 1. The van der Waals surface area contributed by atoms with Gasteiger partial charge in [0, 0.05) is 61.6 Å². The fraction of sp³-hybridized carbons (Fsp3) is 0.370. The second-order valence-electron chi connectivity index (χ2n) is 9.25. The zero-order valence-corrected chi connectivity index (χ0v) is 20.7. The van der Waals surface area contributed by atoms with Crippen LogP contribution in [0.5, 0.6) is 5.88 Å². The lowest BCUT2D eigenvalue weighted by Crippen LogP contribution is -2.50. The lowest BCUT2D eigenvalue weighted by molar-refractivity contribution is -0.130. The van der Waals surface area contributed by atoms with Gasteiger partial charge in [0.25, 0.3) is 5.91 Å². The standard InChI is InChI=1S/C27H31N5O4/c1-18-15-32(19(2)17-33)27(35)23-11-22(21-7-5-9-29-13-21)14-30-26(23)36-24(18)16-31(3)25(34)10-20-6-4-8-28-12-20/h4-9,11-14,18-19,24,33H,10,15-17H2,1-3H3/t18-,19+,24+/m1/s1. The van der Waals surface area contributed by atoms with Crippen molar-refractivity contribution in [3.63, 3.8) is 0 Å². The number of rotatable bonds is 7. The van der Waals surface area contributed by atoms with Gasteiger partial charge < -0.3 is 19.6 Å². The zero-order valence-electron chi connectivity index (χ0n) is 20.7. The Hall–Kier alpha value is -3.85. The van der Waals surface area contributed by atoms with E-state index in [4.69, 9.17) is 4.74 Å². The van der Waals surface area contributed by atoms with Crippen LogP contribution in [0, 0.1) is 5.92 Å². The van der Waals surface area contributed by atoms with Gasteiger partial charge in [0.05, 0.1) is 25.6 Å². The van der Waals surface area contributed by atoms with Crippen LogP contribution in [0.3, 0.4) is 0 Å². The first-order chi connectivity index (χ1) is 17.4. The number of hydrogen-bond donors (Lipinski definition) is 1. The van der Waals surface area contributed by atoms with E-state index in [1.54, 1.807) is 60.0 Å². The summed E-state index contributed by atoms with van der Waals surface area (Å²) in [5.74, 6) is -0.217. The average Bonchev–Trinajstić information content (AvgIpc) is 2.91. The fourth-order valence-electron chi connectivity index (χ4n) is 4.20. The van der Waals surface area contributed by atoms with Crippen molar-refractivity contribution in [3.8, 4) is 17.0 Å². The number of carbonyl (C=O) groups is 2. The van der Waals surface area contributed by atoms with E-state index in [0.717, 1.165) is 16.7 Å². The molecule has 0 aliphatic carbocycles. The number of aliphatic hydroxyl groups excluding tert-OH is 1. The lowest BCUT2D eigenvalue weighted by Gasteiger charge is -2.37. The molecule has 4 rings (SSSR count). The molecule has 3 atom stereocenters. The molecule has 0 bridgehead atoms. The van der Waals surface area contributed by atoms with Crippen LogP contribution < -0.4 is 4.74 Å². The number of pyridine rings is 3. The Morgan fingerprint density at radius 3 is 2.61 bits per heavy atom. The van der Waals surface area contributed by atoms with Crippen molar-refractivity contribution in [2.45, 2.75) is 32.4 Å². The van der Waals surface area contributed by atoms with Crippen LogP contribution in [0.1, 0.15) is 29.8 Å². The molecule has 1 aliphatic heterocycles. The predicted molar refractivity (Wildman–Crippen MR) is 134 cm³/mol. The van der Waals surface area contributed by atoms with Crippen LogP contribution in [0.15, 0.2) is 61.3 Å². The third kappa shape index (κ3) is 5.68. The Bertz CT molecular complexity index is 1190. The van der Waals surface area contributed by atoms with Gasteiger partial charge in [-0.3, -0.25) is 19.6 Å². The molecule has 0 spiro atoms. The molecular weight excluding hydrogens is 458 g/mol. The number of carbonyl (C=O) groups excluding carboxylic acids is 2. The summed E-state index contributed by atoms with van der Waals surface area (Å²) in [5, 5.41) is 9.85. The van der Waals surface area contributed by atoms with Crippen molar-refractivity contribution in [2.75, 3.05) is 26.7 Å². The maximum absolute atomic E-state index is 13.6. The summed E-state index contributed by atoms with van der Waals surface area (Å²) in [4.78, 5) is 42.5. The molecule has 0 saturated carbocycles. The van der Waals surface area contributed by atoms with Gasteiger partial charge in [0.1, 0.15) is 11.7 Å². The summed E-state index contributed by atoms with van der Waals surface area (Å²) in [6.07, 6.45) is 8.22. The molecule has 3 aromatic rings. The zero-order chi connectivity index (χ0) is 25.7. The smallest absolute Gasteiger partial charge is 0.259 e. The fourth-order valence-corrected chi connectivity index (χ4v) is 4.20. The molecule has 1 aliphatic rings. The molecule has 0 aromatic carbocycles. The topological polar surface area (TPSA) is 109 Å². The molecule has 9 heteroatoms. The van der Waals surface area contributed by atoms with E-state index in [0.29, 0.717) is 18.7 Å². The minimum atomic E-state index is -0.412. The van der Waals surface area contributed by atoms with E-state index < -0.39 is 12.1 Å². The van der Waals surface area contributed by atoms with Crippen LogP contribution >= 0.6 is 0 Å². The third-order valence-corrected chi connectivity index (χ3v) is 6.47. The van der Waals surface area contributed by atoms with Crippen LogP contribution in [0.4, 0.5) is 0 Å². The Morgan fingerprint density at radius 1 is 1.19 bits per heavy atom. The van der Waals surface area contributed by atoms with Crippen molar-refractivity contribution < 1.29 is 19.4 Å². The highest BCUT2D eigenvalue weighted by molar-refractivity contribution is 5.98. The highest BCUT2D eigenvalue weighted by Gasteiger charge is 2.34. The van der Waals surface area contributed by atoms with Gasteiger partial charge in [-0.15, -0.1) is 0 Å². The van der Waals surface area contributed by atoms with Gasteiger partial charge in [0.15, 0.2) is 0 Å². The Labute approximate surface area is 210 Å². The van der Waals surface area contributed by atoms with Gasteiger partial charge in [-0.1, -0.05) is 19.1 Å². The van der Waals surface area contributed by atoms with Crippen molar-refractivity contribution in [3.05, 3.63) is 72.4 Å². The maximum Gasteiger partial charge on any atom is 0.259 e. The molecule has 0 fully saturated rings. The van der Waals surface area contributed by atoms with Crippen LogP contribution in [-0.2, 0) is 11.2 Å². The van der Waals surface area contributed by atoms with Gasteiger partial charge in [-0.25, -0.2) is 4.98 Å². The molecular formula is C27H31N5O4. The van der Waals surface area contributed by atoms with E-state index in [2.05, 4.69) is 15.0 Å². The van der Waals surface area contributed by atoms with Gasteiger partial charge in [-0.05, 0) is 30.7 Å². The number of nitrogens with zero attached hydrogens (tertiary/aromatic N) is 5. The van der Waals surface area contributed by atoms with Crippen molar-refractivity contribution in [1.82, 2.24) is 24.8 Å². The first-order valence-corrected chi connectivity index (χ1v) is 12.0. The number of likely N-dealkylation sites (N-methyl/N-ethyl adjacent to an activating group) is 1. The van der Waals surface area contributed by atoms with Gasteiger partial charge in [0.2, 0.25) is 11.8 Å². The molecule has 1 N–H and O–H groups in total. The van der Waals surface area contributed by atoms with Crippen LogP contribution in [-0.4, -0.2) is 80.6 Å². The maximum atomic E-state index is 13.6. The minimum absolute atomic E-state index is 0.0578. The molecule has 9 nitrogen and oxygen atoms in total. The van der Waals surface area contributed by atoms with Crippen molar-refractivity contribution in [2.24, 2.45) is 5.92 Å². The monoisotopic (exact) mass is 489 g/mol. The minimum Gasteiger partial charge on any atom is -0.472 e. The number of aliphatic hydroxyl groups is 1. The largest absolute Gasteiger partial charge is 0.472 e. The molecule has 4 heterocycles. The highest BCUT2D eigenvalue weighted by Crippen LogP contribution is 2.30. The molecule has 36 heavy (non-hydrogen) atoms. The van der Waals surface area contributed by atoms with E-state index in [9.17, 15) is 14.7 Å². The molecule has 0 saturated heterocycles. The van der Waals surface area contributed by atoms with Crippen LogP contribution in [0.2, 0.25) is 0 Å². The molecule has 0 radical (unpaired) electrons. The first kappa shape index (κ1) is 25.2. The summed E-state index contributed by atoms with van der Waals surface area (Å²) in [7, 11) is 1.74. The number of aromatic nitrogens is 3. The third-order valence-electron chi connectivity index (χ3n) is 6.47. The van der Waals surface area contributed by atoms with Crippen molar-refractivity contribution >= 4 is 11.8 Å². The Balaban J connectivity index is 1.62. The summed E-state index contributed by atoms with van der Waals surface area (Å²) in [6.45, 7) is 4.30. The second kappa shape index (κ2) is 11.3. The van der Waals surface area contributed by atoms with Gasteiger partial charge >= 0.3 is 0 Å².